The fraction of sp³-hybridized carbons (Fsp3) is 0.500. The average Bonchev–Trinajstić information content (AvgIpc) is 3.31. The zero-order valence-electron chi connectivity index (χ0n) is 12.7. The number of amides is 1. The number of pyridine rings is 1. The molecule has 1 aliphatic carbocycles. The lowest BCUT2D eigenvalue weighted by Crippen LogP contribution is -2.39. The molecule has 1 amide bonds. The van der Waals surface area contributed by atoms with Gasteiger partial charge >= 0.3 is 0 Å². The van der Waals surface area contributed by atoms with Gasteiger partial charge in [-0.2, -0.15) is 4.98 Å². The maximum absolute atomic E-state index is 12.8. The molecular formula is C16H18N4O3. The standard InChI is InChI=1S/C16H18N4O3/c21-12-7-11(8-17-9-12)16(22)20-6-2-1-3-13(20)14-18-15(23-19-14)10-4-5-10/h7-10,13,21H,1-6H2. The van der Waals surface area contributed by atoms with E-state index in [1.807, 2.05) is 0 Å². The second-order valence-corrected chi connectivity index (χ2v) is 6.21. The van der Waals surface area contributed by atoms with Crippen LogP contribution in [0.3, 0.4) is 0 Å². The predicted octanol–water partition coefficient (Wildman–Crippen LogP) is 2.42. The number of rotatable bonds is 3. The Morgan fingerprint density at radius 3 is 2.91 bits per heavy atom. The summed E-state index contributed by atoms with van der Waals surface area (Å²) >= 11 is 0. The molecule has 1 unspecified atom stereocenters. The Labute approximate surface area is 133 Å². The second kappa shape index (κ2) is 5.64. The summed E-state index contributed by atoms with van der Waals surface area (Å²) in [4.78, 5) is 22.9. The number of hydrogen-bond donors (Lipinski definition) is 1. The first kappa shape index (κ1) is 14.2. The third-order valence-corrected chi connectivity index (χ3v) is 4.42. The van der Waals surface area contributed by atoms with E-state index in [1.165, 1.54) is 18.5 Å². The molecule has 2 fully saturated rings. The normalized spacial score (nSPS) is 21.4. The lowest BCUT2D eigenvalue weighted by atomic mass is 10.0. The average molecular weight is 314 g/mol. The van der Waals surface area contributed by atoms with Crippen LogP contribution in [0.15, 0.2) is 23.0 Å². The van der Waals surface area contributed by atoms with Crippen molar-refractivity contribution in [2.75, 3.05) is 6.54 Å². The van der Waals surface area contributed by atoms with E-state index in [-0.39, 0.29) is 17.7 Å². The smallest absolute Gasteiger partial charge is 0.256 e. The minimum Gasteiger partial charge on any atom is -0.506 e. The van der Waals surface area contributed by atoms with E-state index >= 15 is 0 Å². The number of carbonyl (C=O) groups is 1. The largest absolute Gasteiger partial charge is 0.506 e. The van der Waals surface area contributed by atoms with Crippen LogP contribution >= 0.6 is 0 Å². The van der Waals surface area contributed by atoms with Gasteiger partial charge in [0.1, 0.15) is 5.75 Å². The van der Waals surface area contributed by atoms with Crippen molar-refractivity contribution >= 4 is 5.91 Å². The van der Waals surface area contributed by atoms with Gasteiger partial charge in [-0.1, -0.05) is 5.16 Å². The lowest BCUT2D eigenvalue weighted by molar-refractivity contribution is 0.0596. The number of aromatic nitrogens is 3. The van der Waals surface area contributed by atoms with Crippen molar-refractivity contribution in [2.45, 2.75) is 44.1 Å². The molecule has 7 nitrogen and oxygen atoms in total. The zero-order valence-corrected chi connectivity index (χ0v) is 12.7. The van der Waals surface area contributed by atoms with E-state index in [9.17, 15) is 9.90 Å². The van der Waals surface area contributed by atoms with E-state index in [2.05, 4.69) is 15.1 Å². The van der Waals surface area contributed by atoms with Crippen LogP contribution in [0.1, 0.15) is 66.1 Å². The Bertz CT molecular complexity index is 726. The van der Waals surface area contributed by atoms with Gasteiger partial charge in [0.05, 0.1) is 17.8 Å². The SMILES string of the molecule is O=C(c1cncc(O)c1)N1CCCCC1c1noc(C2CC2)n1. The molecule has 1 atom stereocenters. The Kier molecular flexibility index (Phi) is 3.48. The van der Waals surface area contributed by atoms with E-state index in [0.29, 0.717) is 29.7 Å². The van der Waals surface area contributed by atoms with Crippen molar-refractivity contribution in [1.82, 2.24) is 20.0 Å². The molecule has 2 aromatic heterocycles. The van der Waals surface area contributed by atoms with Gasteiger partial charge in [0.15, 0.2) is 5.82 Å². The number of carbonyl (C=O) groups excluding carboxylic acids is 1. The molecule has 0 spiro atoms. The van der Waals surface area contributed by atoms with E-state index in [0.717, 1.165) is 32.1 Å². The number of nitrogens with zero attached hydrogens (tertiary/aromatic N) is 4. The van der Waals surface area contributed by atoms with Crippen LogP contribution in [0.4, 0.5) is 0 Å². The van der Waals surface area contributed by atoms with Gasteiger partial charge in [-0.15, -0.1) is 0 Å². The molecule has 2 aromatic rings. The molecular weight excluding hydrogens is 296 g/mol. The molecule has 0 radical (unpaired) electrons. The second-order valence-electron chi connectivity index (χ2n) is 6.21. The Hall–Kier alpha value is -2.44. The fourth-order valence-corrected chi connectivity index (χ4v) is 3.03. The zero-order chi connectivity index (χ0) is 15.8. The van der Waals surface area contributed by atoms with Crippen LogP contribution in [0, 0.1) is 0 Å². The molecule has 0 aromatic carbocycles. The highest BCUT2D eigenvalue weighted by molar-refractivity contribution is 5.94. The highest BCUT2D eigenvalue weighted by atomic mass is 16.5. The molecule has 4 rings (SSSR count). The highest BCUT2D eigenvalue weighted by Gasteiger charge is 2.35. The molecule has 7 heteroatoms. The summed E-state index contributed by atoms with van der Waals surface area (Å²) < 4.78 is 5.34. The van der Waals surface area contributed by atoms with Gasteiger partial charge < -0.3 is 14.5 Å². The molecule has 1 N–H and O–H groups in total. The quantitative estimate of drug-likeness (QED) is 0.935. The van der Waals surface area contributed by atoms with E-state index < -0.39 is 0 Å². The van der Waals surface area contributed by atoms with E-state index in [4.69, 9.17) is 4.52 Å². The molecule has 1 saturated heterocycles. The first-order valence-electron chi connectivity index (χ1n) is 8.01. The van der Waals surface area contributed by atoms with Crippen molar-refractivity contribution in [3.05, 3.63) is 35.7 Å². The minimum absolute atomic E-state index is 0.0139. The monoisotopic (exact) mass is 314 g/mol. The van der Waals surface area contributed by atoms with Crippen molar-refractivity contribution in [1.29, 1.82) is 0 Å². The summed E-state index contributed by atoms with van der Waals surface area (Å²) in [7, 11) is 0. The topological polar surface area (TPSA) is 92.3 Å². The van der Waals surface area contributed by atoms with Crippen LogP contribution in [0.25, 0.3) is 0 Å². The predicted molar refractivity (Wildman–Crippen MR) is 79.8 cm³/mol. The van der Waals surface area contributed by atoms with Gasteiger partial charge in [-0.25, -0.2) is 0 Å². The lowest BCUT2D eigenvalue weighted by Gasteiger charge is -2.33. The highest BCUT2D eigenvalue weighted by Crippen LogP contribution is 2.40. The third-order valence-electron chi connectivity index (χ3n) is 4.42. The molecule has 120 valence electrons. The van der Waals surface area contributed by atoms with Gasteiger partial charge in [-0.3, -0.25) is 9.78 Å². The van der Waals surface area contributed by atoms with Gasteiger partial charge in [0.25, 0.3) is 5.91 Å². The van der Waals surface area contributed by atoms with Crippen LogP contribution < -0.4 is 0 Å². The van der Waals surface area contributed by atoms with E-state index in [1.54, 1.807) is 4.90 Å². The Morgan fingerprint density at radius 2 is 2.13 bits per heavy atom. The van der Waals surface area contributed by atoms with Crippen molar-refractivity contribution < 1.29 is 14.4 Å². The third kappa shape index (κ3) is 2.78. The van der Waals surface area contributed by atoms with Crippen molar-refractivity contribution in [3.8, 4) is 5.75 Å². The van der Waals surface area contributed by atoms with Gasteiger partial charge in [0, 0.05) is 18.7 Å². The van der Waals surface area contributed by atoms with Crippen LogP contribution in [-0.2, 0) is 0 Å². The summed E-state index contributed by atoms with van der Waals surface area (Å²) in [5, 5.41) is 13.6. The maximum atomic E-state index is 12.8. The minimum atomic E-state index is -0.171. The van der Waals surface area contributed by atoms with Crippen molar-refractivity contribution in [2.24, 2.45) is 0 Å². The molecule has 1 aliphatic heterocycles. The Morgan fingerprint density at radius 1 is 1.26 bits per heavy atom. The molecule has 3 heterocycles. The number of aromatic hydroxyl groups is 1. The number of hydrogen-bond acceptors (Lipinski definition) is 6. The molecule has 2 aliphatic rings. The summed E-state index contributed by atoms with van der Waals surface area (Å²) in [5.74, 6) is 1.51. The maximum Gasteiger partial charge on any atom is 0.256 e. The number of likely N-dealkylation sites (tertiary alicyclic amines) is 1. The van der Waals surface area contributed by atoms with Gasteiger partial charge in [0.2, 0.25) is 5.89 Å². The fourth-order valence-electron chi connectivity index (χ4n) is 3.03. The summed E-state index contributed by atoms with van der Waals surface area (Å²) in [6, 6.07) is 1.27. The first-order chi connectivity index (χ1) is 11.2. The molecule has 23 heavy (non-hydrogen) atoms. The summed E-state index contributed by atoms with van der Waals surface area (Å²) in [6.45, 7) is 0.645. The van der Waals surface area contributed by atoms with Crippen molar-refractivity contribution in [3.63, 3.8) is 0 Å². The molecule has 1 saturated carbocycles. The van der Waals surface area contributed by atoms with Gasteiger partial charge in [-0.05, 0) is 38.2 Å². The first-order valence-corrected chi connectivity index (χ1v) is 8.01. The Balaban J connectivity index is 1.60. The number of piperidine rings is 1. The summed E-state index contributed by atoms with van der Waals surface area (Å²) in [6.07, 6.45) is 7.78. The molecule has 0 bridgehead atoms. The van der Waals surface area contributed by atoms with Crippen LogP contribution in [0.5, 0.6) is 5.75 Å². The summed E-state index contributed by atoms with van der Waals surface area (Å²) in [5.41, 5.74) is 0.378. The van der Waals surface area contributed by atoms with Crippen LogP contribution in [0.2, 0.25) is 0 Å². The van der Waals surface area contributed by atoms with Crippen LogP contribution in [-0.4, -0.2) is 37.6 Å².